The molecule has 0 spiro atoms. The van der Waals surface area contributed by atoms with E-state index in [9.17, 15) is 9.90 Å². The van der Waals surface area contributed by atoms with Gasteiger partial charge in [-0.3, -0.25) is 9.69 Å². The fourth-order valence-corrected chi connectivity index (χ4v) is 5.23. The van der Waals surface area contributed by atoms with Crippen LogP contribution in [0.25, 0.3) is 0 Å². The number of piperidine rings is 1. The highest BCUT2D eigenvalue weighted by Gasteiger charge is 2.41. The maximum absolute atomic E-state index is 13.3. The highest BCUT2D eigenvalue weighted by atomic mass is 35.5. The number of rotatable bonds is 7. The number of carbonyl (C=O) groups excluding carboxylic acids is 1. The van der Waals surface area contributed by atoms with Crippen molar-refractivity contribution < 1.29 is 19.4 Å². The van der Waals surface area contributed by atoms with Crippen molar-refractivity contribution in [3.05, 3.63) is 63.1 Å². The van der Waals surface area contributed by atoms with Gasteiger partial charge in [-0.1, -0.05) is 35.3 Å². The predicted molar refractivity (Wildman–Crippen MR) is 138 cm³/mol. The molecule has 1 atom stereocenters. The van der Waals surface area contributed by atoms with E-state index in [2.05, 4.69) is 11.0 Å². The molecule has 8 heteroatoms. The zero-order chi connectivity index (χ0) is 25.0. The number of hydrogen-bond donors (Lipinski definition) is 1. The molecule has 0 aliphatic carbocycles. The third-order valence-corrected chi connectivity index (χ3v) is 7.66. The summed E-state index contributed by atoms with van der Waals surface area (Å²) in [7, 11) is 0. The van der Waals surface area contributed by atoms with Crippen molar-refractivity contribution in [2.75, 3.05) is 39.4 Å². The molecular formula is C27H34Cl2N2O4. The number of ether oxygens (including phenoxy) is 2. The van der Waals surface area contributed by atoms with E-state index in [-0.39, 0.29) is 25.0 Å². The van der Waals surface area contributed by atoms with Crippen LogP contribution < -0.4 is 4.74 Å². The van der Waals surface area contributed by atoms with Crippen LogP contribution in [0.3, 0.4) is 0 Å². The maximum atomic E-state index is 13.3. The van der Waals surface area contributed by atoms with Crippen molar-refractivity contribution in [2.24, 2.45) is 0 Å². The Morgan fingerprint density at radius 1 is 1.14 bits per heavy atom. The normalized spacial score (nSPS) is 21.8. The van der Waals surface area contributed by atoms with Crippen LogP contribution in [0, 0.1) is 13.8 Å². The molecule has 2 aromatic rings. The van der Waals surface area contributed by atoms with Gasteiger partial charge < -0.3 is 19.5 Å². The van der Waals surface area contributed by atoms with Crippen LogP contribution in [0.4, 0.5) is 0 Å². The minimum atomic E-state index is -0.786. The summed E-state index contributed by atoms with van der Waals surface area (Å²) in [4.78, 5) is 17.4. The summed E-state index contributed by atoms with van der Waals surface area (Å²) in [5.41, 5.74) is 2.23. The Bertz CT molecular complexity index is 1020. The Hall–Kier alpha value is -1.83. The van der Waals surface area contributed by atoms with Gasteiger partial charge in [0, 0.05) is 42.8 Å². The van der Waals surface area contributed by atoms with Gasteiger partial charge in [0.15, 0.2) is 0 Å². The monoisotopic (exact) mass is 520 g/mol. The summed E-state index contributed by atoms with van der Waals surface area (Å²) in [6.07, 6.45) is 1.12. The van der Waals surface area contributed by atoms with Gasteiger partial charge in [0.05, 0.1) is 19.1 Å². The molecular weight excluding hydrogens is 487 g/mol. The quantitative estimate of drug-likeness (QED) is 0.576. The number of hydrogen-bond acceptors (Lipinski definition) is 5. The summed E-state index contributed by atoms with van der Waals surface area (Å²) in [6, 6.07) is 11.7. The molecule has 6 nitrogen and oxygen atoms in total. The Balaban J connectivity index is 1.51. The lowest BCUT2D eigenvalue weighted by atomic mass is 9.95. The number of likely N-dealkylation sites (tertiary alicyclic amines) is 1. The lowest BCUT2D eigenvalue weighted by molar-refractivity contribution is -0.158. The van der Waals surface area contributed by atoms with Crippen LogP contribution in [-0.4, -0.2) is 71.9 Å². The first kappa shape index (κ1) is 26.2. The minimum absolute atomic E-state index is 0.0357. The second-order valence-electron chi connectivity index (χ2n) is 9.82. The van der Waals surface area contributed by atoms with E-state index in [0.29, 0.717) is 49.9 Å². The molecule has 0 bridgehead atoms. The molecule has 2 aliphatic heterocycles. The highest BCUT2D eigenvalue weighted by Crippen LogP contribution is 2.30. The van der Waals surface area contributed by atoms with Crippen LogP contribution in [0.1, 0.15) is 36.0 Å². The van der Waals surface area contributed by atoms with Gasteiger partial charge in [0.2, 0.25) is 5.91 Å². The Morgan fingerprint density at radius 2 is 1.86 bits per heavy atom. The summed E-state index contributed by atoms with van der Waals surface area (Å²) in [6.45, 7) is 7.85. The van der Waals surface area contributed by atoms with Crippen molar-refractivity contribution in [1.82, 2.24) is 9.80 Å². The third-order valence-electron chi connectivity index (χ3n) is 6.83. The van der Waals surface area contributed by atoms with E-state index in [0.717, 1.165) is 34.8 Å². The predicted octanol–water partition coefficient (Wildman–Crippen LogP) is 4.63. The number of aliphatic hydroxyl groups excluding tert-OH is 1. The Labute approximate surface area is 217 Å². The van der Waals surface area contributed by atoms with Gasteiger partial charge in [0.1, 0.15) is 18.0 Å². The molecule has 0 unspecified atom stereocenters. The molecule has 190 valence electrons. The second-order valence-corrected chi connectivity index (χ2v) is 10.6. The molecule has 1 N–H and O–H groups in total. The number of aryl methyl sites for hydroxylation is 2. The van der Waals surface area contributed by atoms with Crippen LogP contribution in [0.2, 0.25) is 10.0 Å². The van der Waals surface area contributed by atoms with Crippen molar-refractivity contribution in [1.29, 1.82) is 0 Å². The topological polar surface area (TPSA) is 62.2 Å². The number of nitrogens with zero attached hydrogens (tertiary/aromatic N) is 2. The van der Waals surface area contributed by atoms with E-state index in [4.69, 9.17) is 32.7 Å². The summed E-state index contributed by atoms with van der Waals surface area (Å²) < 4.78 is 12.6. The molecule has 2 aromatic carbocycles. The van der Waals surface area contributed by atoms with Gasteiger partial charge in [-0.05, 0) is 67.6 Å². The van der Waals surface area contributed by atoms with Crippen LogP contribution in [0.5, 0.6) is 5.75 Å². The number of benzene rings is 2. The Kier molecular flexibility index (Phi) is 8.61. The number of amides is 1. The molecule has 2 aliphatic rings. The van der Waals surface area contributed by atoms with E-state index in [1.165, 1.54) is 0 Å². The van der Waals surface area contributed by atoms with Gasteiger partial charge in [-0.15, -0.1) is 0 Å². The van der Waals surface area contributed by atoms with Gasteiger partial charge in [-0.25, -0.2) is 0 Å². The average molecular weight is 521 g/mol. The average Bonchev–Trinajstić information content (AvgIpc) is 2.82. The van der Waals surface area contributed by atoms with Crippen molar-refractivity contribution in [3.8, 4) is 5.75 Å². The van der Waals surface area contributed by atoms with E-state index in [1.54, 1.807) is 0 Å². The zero-order valence-corrected chi connectivity index (χ0v) is 21.9. The summed E-state index contributed by atoms with van der Waals surface area (Å²) in [5, 5.41) is 11.3. The molecule has 2 saturated heterocycles. The molecule has 1 amide bonds. The number of halogens is 2. The molecule has 0 aromatic heterocycles. The van der Waals surface area contributed by atoms with Gasteiger partial charge in [0.25, 0.3) is 0 Å². The fraction of sp³-hybridized carbons (Fsp3) is 0.519. The highest BCUT2D eigenvalue weighted by molar-refractivity contribution is 6.32. The van der Waals surface area contributed by atoms with E-state index >= 15 is 0 Å². The summed E-state index contributed by atoms with van der Waals surface area (Å²) >= 11 is 12.5. The van der Waals surface area contributed by atoms with Crippen molar-refractivity contribution >= 4 is 29.1 Å². The lowest BCUT2D eigenvalue weighted by Crippen LogP contribution is -2.57. The molecule has 2 fully saturated rings. The smallest absolute Gasteiger partial charge is 0.225 e. The van der Waals surface area contributed by atoms with Crippen molar-refractivity contribution in [2.45, 2.75) is 51.4 Å². The number of morpholine rings is 1. The minimum Gasteiger partial charge on any atom is -0.490 e. The number of aliphatic hydroxyl groups is 1. The van der Waals surface area contributed by atoms with Gasteiger partial charge >= 0.3 is 0 Å². The van der Waals surface area contributed by atoms with Crippen LogP contribution in [-0.2, 0) is 16.1 Å². The first-order valence-electron chi connectivity index (χ1n) is 12.2. The SMILES string of the molecule is Cc1cc(OC[C@@]2(CC(=O)N3CCC(O)CC3)CN(Cc3cccc(Cl)c3)CCO2)cc(C)c1Cl. The third kappa shape index (κ3) is 6.89. The second kappa shape index (κ2) is 11.5. The van der Waals surface area contributed by atoms with E-state index in [1.807, 2.05) is 49.1 Å². The lowest BCUT2D eigenvalue weighted by Gasteiger charge is -2.43. The Morgan fingerprint density at radius 3 is 2.54 bits per heavy atom. The van der Waals surface area contributed by atoms with Crippen LogP contribution >= 0.6 is 23.2 Å². The van der Waals surface area contributed by atoms with Crippen molar-refractivity contribution in [3.63, 3.8) is 0 Å². The first-order chi connectivity index (χ1) is 16.7. The molecule has 0 saturated carbocycles. The molecule has 35 heavy (non-hydrogen) atoms. The summed E-state index contributed by atoms with van der Waals surface area (Å²) in [5.74, 6) is 0.751. The van der Waals surface area contributed by atoms with Gasteiger partial charge in [-0.2, -0.15) is 0 Å². The molecule has 4 rings (SSSR count). The molecule has 2 heterocycles. The van der Waals surface area contributed by atoms with Crippen LogP contribution in [0.15, 0.2) is 36.4 Å². The number of carbonyl (C=O) groups is 1. The first-order valence-corrected chi connectivity index (χ1v) is 12.9. The zero-order valence-electron chi connectivity index (χ0n) is 20.4. The molecule has 0 radical (unpaired) electrons. The standard InChI is InChI=1S/C27H34Cl2N2O4/c1-19-12-24(13-20(2)26(19)29)34-18-27(15-25(33)31-8-6-23(32)7-9-31)17-30(10-11-35-27)16-21-4-3-5-22(28)14-21/h3-5,12-14,23,32H,6-11,15-18H2,1-2H3/t27-/m1/s1. The fourth-order valence-electron chi connectivity index (χ4n) is 4.90. The largest absolute Gasteiger partial charge is 0.490 e. The van der Waals surface area contributed by atoms with E-state index < -0.39 is 5.60 Å². The maximum Gasteiger partial charge on any atom is 0.225 e.